The SMILES string of the molecule is CCOC(=O)C(C)(N)CCCCN(C)C(C)(C)CC. The quantitative estimate of drug-likeness (QED) is 0.518. The Labute approximate surface area is 118 Å². The highest BCUT2D eigenvalue weighted by Gasteiger charge is 2.29. The van der Waals surface area contributed by atoms with Gasteiger partial charge in [-0.25, -0.2) is 0 Å². The zero-order valence-electron chi connectivity index (χ0n) is 13.6. The number of esters is 1. The predicted octanol–water partition coefficient (Wildman–Crippen LogP) is 2.56. The number of unbranched alkanes of at least 4 members (excludes halogenated alkanes) is 1. The third-order valence-electron chi connectivity index (χ3n) is 4.08. The average molecular weight is 272 g/mol. The first-order valence-electron chi connectivity index (χ1n) is 7.34. The molecule has 0 aliphatic heterocycles. The van der Waals surface area contributed by atoms with Crippen LogP contribution in [-0.4, -0.2) is 42.1 Å². The molecule has 0 saturated carbocycles. The molecule has 1 atom stereocenters. The van der Waals surface area contributed by atoms with Crippen LogP contribution in [-0.2, 0) is 9.53 Å². The molecule has 0 spiro atoms. The molecule has 0 aliphatic carbocycles. The third-order valence-corrected chi connectivity index (χ3v) is 4.08. The molecule has 0 aromatic rings. The molecule has 0 aliphatic rings. The Hall–Kier alpha value is -0.610. The van der Waals surface area contributed by atoms with Gasteiger partial charge in [0.05, 0.1) is 6.61 Å². The maximum absolute atomic E-state index is 11.6. The maximum Gasteiger partial charge on any atom is 0.325 e. The largest absolute Gasteiger partial charge is 0.465 e. The number of ether oxygens (including phenoxy) is 1. The Morgan fingerprint density at radius 3 is 2.26 bits per heavy atom. The zero-order valence-corrected chi connectivity index (χ0v) is 13.6. The van der Waals surface area contributed by atoms with E-state index >= 15 is 0 Å². The van der Waals surface area contributed by atoms with E-state index in [1.807, 2.05) is 0 Å². The molecule has 0 aromatic carbocycles. The maximum atomic E-state index is 11.6. The highest BCUT2D eigenvalue weighted by Crippen LogP contribution is 2.18. The van der Waals surface area contributed by atoms with Gasteiger partial charge in [0.2, 0.25) is 0 Å². The number of nitrogens with two attached hydrogens (primary N) is 1. The fraction of sp³-hybridized carbons (Fsp3) is 0.933. The number of hydrogen-bond acceptors (Lipinski definition) is 4. The van der Waals surface area contributed by atoms with Crippen LogP contribution in [0.4, 0.5) is 0 Å². The fourth-order valence-corrected chi connectivity index (χ4v) is 1.81. The Morgan fingerprint density at radius 1 is 1.21 bits per heavy atom. The predicted molar refractivity (Wildman–Crippen MR) is 80.1 cm³/mol. The highest BCUT2D eigenvalue weighted by molar-refractivity contribution is 5.79. The summed E-state index contributed by atoms with van der Waals surface area (Å²) >= 11 is 0. The van der Waals surface area contributed by atoms with Crippen LogP contribution in [0.2, 0.25) is 0 Å². The second-order valence-electron chi connectivity index (χ2n) is 6.18. The van der Waals surface area contributed by atoms with Crippen molar-refractivity contribution < 1.29 is 9.53 Å². The molecule has 0 rings (SSSR count). The summed E-state index contributed by atoms with van der Waals surface area (Å²) < 4.78 is 4.98. The first-order chi connectivity index (χ1) is 8.67. The van der Waals surface area contributed by atoms with Gasteiger partial charge in [0, 0.05) is 5.54 Å². The molecule has 2 N–H and O–H groups in total. The molecule has 0 bridgehead atoms. The van der Waals surface area contributed by atoms with Crippen molar-refractivity contribution in [1.29, 1.82) is 0 Å². The van der Waals surface area contributed by atoms with Crippen molar-refractivity contribution in [2.45, 2.75) is 71.4 Å². The van der Waals surface area contributed by atoms with E-state index in [0.717, 1.165) is 25.8 Å². The first kappa shape index (κ1) is 18.4. The number of carbonyl (C=O) groups excluding carboxylic acids is 1. The van der Waals surface area contributed by atoms with Crippen molar-refractivity contribution in [1.82, 2.24) is 4.90 Å². The normalized spacial score (nSPS) is 15.4. The van der Waals surface area contributed by atoms with Crippen molar-refractivity contribution in [3.05, 3.63) is 0 Å². The van der Waals surface area contributed by atoms with Crippen molar-refractivity contribution >= 4 is 5.97 Å². The van der Waals surface area contributed by atoms with Crippen molar-refractivity contribution in [2.24, 2.45) is 5.73 Å². The lowest BCUT2D eigenvalue weighted by molar-refractivity contribution is -0.149. The summed E-state index contributed by atoms with van der Waals surface area (Å²) in [6, 6.07) is 0. The van der Waals surface area contributed by atoms with Crippen molar-refractivity contribution in [2.75, 3.05) is 20.2 Å². The van der Waals surface area contributed by atoms with Gasteiger partial charge in [-0.2, -0.15) is 0 Å². The van der Waals surface area contributed by atoms with Gasteiger partial charge in [-0.15, -0.1) is 0 Å². The van der Waals surface area contributed by atoms with E-state index < -0.39 is 5.54 Å². The lowest BCUT2D eigenvalue weighted by Crippen LogP contribution is -2.46. The van der Waals surface area contributed by atoms with E-state index in [4.69, 9.17) is 10.5 Å². The minimum atomic E-state index is -0.852. The zero-order chi connectivity index (χ0) is 15.1. The summed E-state index contributed by atoms with van der Waals surface area (Å²) in [5.74, 6) is -0.294. The van der Waals surface area contributed by atoms with E-state index in [2.05, 4.69) is 32.7 Å². The van der Waals surface area contributed by atoms with Crippen molar-refractivity contribution in [3.8, 4) is 0 Å². The van der Waals surface area contributed by atoms with E-state index in [1.54, 1.807) is 13.8 Å². The van der Waals surface area contributed by atoms with Crippen LogP contribution < -0.4 is 5.73 Å². The van der Waals surface area contributed by atoms with E-state index in [9.17, 15) is 4.79 Å². The Morgan fingerprint density at radius 2 is 1.79 bits per heavy atom. The van der Waals surface area contributed by atoms with E-state index in [1.165, 1.54) is 0 Å². The van der Waals surface area contributed by atoms with E-state index in [0.29, 0.717) is 13.0 Å². The summed E-state index contributed by atoms with van der Waals surface area (Å²) in [6.07, 6.45) is 3.79. The molecular weight excluding hydrogens is 240 g/mol. The molecule has 114 valence electrons. The third kappa shape index (κ3) is 6.39. The van der Waals surface area contributed by atoms with Crippen molar-refractivity contribution in [3.63, 3.8) is 0 Å². The lowest BCUT2D eigenvalue weighted by Gasteiger charge is -2.35. The van der Waals surface area contributed by atoms with E-state index in [-0.39, 0.29) is 11.5 Å². The van der Waals surface area contributed by atoms with Gasteiger partial charge in [0.1, 0.15) is 5.54 Å². The summed E-state index contributed by atoms with van der Waals surface area (Å²) in [5, 5.41) is 0. The molecule has 4 nitrogen and oxygen atoms in total. The van der Waals surface area contributed by atoms with Crippen LogP contribution in [0.5, 0.6) is 0 Å². The smallest absolute Gasteiger partial charge is 0.325 e. The van der Waals surface area contributed by atoms with Crippen LogP contribution in [0.15, 0.2) is 0 Å². The van der Waals surface area contributed by atoms with Crippen LogP contribution in [0.25, 0.3) is 0 Å². The van der Waals surface area contributed by atoms with Gasteiger partial charge in [0.25, 0.3) is 0 Å². The van der Waals surface area contributed by atoms with Gasteiger partial charge in [-0.1, -0.05) is 6.92 Å². The molecule has 0 heterocycles. The molecule has 0 amide bonds. The highest BCUT2D eigenvalue weighted by atomic mass is 16.5. The second kappa shape index (κ2) is 7.85. The lowest BCUT2D eigenvalue weighted by atomic mass is 9.95. The van der Waals surface area contributed by atoms with Gasteiger partial charge in [-0.05, 0) is 67.0 Å². The minimum absolute atomic E-state index is 0.229. The molecular formula is C15H32N2O2. The van der Waals surface area contributed by atoms with Crippen LogP contribution >= 0.6 is 0 Å². The van der Waals surface area contributed by atoms with Gasteiger partial charge in [-0.3, -0.25) is 4.79 Å². The van der Waals surface area contributed by atoms with Crippen LogP contribution in [0.1, 0.15) is 60.3 Å². The minimum Gasteiger partial charge on any atom is -0.465 e. The van der Waals surface area contributed by atoms with Gasteiger partial charge >= 0.3 is 5.97 Å². The molecule has 0 fully saturated rings. The Balaban J connectivity index is 4.01. The Kier molecular flexibility index (Phi) is 7.60. The molecule has 0 saturated heterocycles. The number of rotatable bonds is 9. The molecule has 19 heavy (non-hydrogen) atoms. The van der Waals surface area contributed by atoms with Crippen LogP contribution in [0, 0.1) is 0 Å². The van der Waals surface area contributed by atoms with Gasteiger partial charge in [0.15, 0.2) is 0 Å². The number of carbonyl (C=O) groups is 1. The fourth-order valence-electron chi connectivity index (χ4n) is 1.81. The number of nitrogens with zero attached hydrogens (tertiary/aromatic N) is 1. The van der Waals surface area contributed by atoms with Crippen LogP contribution in [0.3, 0.4) is 0 Å². The topological polar surface area (TPSA) is 55.6 Å². The average Bonchev–Trinajstić information content (AvgIpc) is 2.34. The standard InChI is InChI=1S/C15H32N2O2/c1-7-14(3,4)17(6)12-10-9-11-15(5,16)13(18)19-8-2/h7-12,16H2,1-6H3. The summed E-state index contributed by atoms with van der Waals surface area (Å²) in [7, 11) is 2.15. The number of hydrogen-bond donors (Lipinski definition) is 1. The summed E-state index contributed by atoms with van der Waals surface area (Å²) in [5.41, 5.74) is 5.36. The second-order valence-corrected chi connectivity index (χ2v) is 6.18. The summed E-state index contributed by atoms with van der Waals surface area (Å²) in [6.45, 7) is 11.7. The molecule has 0 radical (unpaired) electrons. The molecule has 0 aromatic heterocycles. The molecule has 1 unspecified atom stereocenters. The monoisotopic (exact) mass is 272 g/mol. The Bertz CT molecular complexity index is 275. The summed E-state index contributed by atoms with van der Waals surface area (Å²) in [4.78, 5) is 14.0. The first-order valence-corrected chi connectivity index (χ1v) is 7.34. The molecule has 4 heteroatoms. The van der Waals surface area contributed by atoms with Gasteiger partial charge < -0.3 is 15.4 Å².